The minimum absolute atomic E-state index is 0.241. The van der Waals surface area contributed by atoms with Crippen molar-refractivity contribution in [3.05, 3.63) is 18.2 Å². The summed E-state index contributed by atoms with van der Waals surface area (Å²) >= 11 is 0. The molecule has 15 heavy (non-hydrogen) atoms. The molecular formula is C10H16N4O. The smallest absolute Gasteiger partial charge is 0.142 e. The van der Waals surface area contributed by atoms with Crippen molar-refractivity contribution in [2.75, 3.05) is 23.4 Å². The summed E-state index contributed by atoms with van der Waals surface area (Å²) in [4.78, 5) is 6.41. The van der Waals surface area contributed by atoms with Crippen molar-refractivity contribution in [1.29, 1.82) is 0 Å². The van der Waals surface area contributed by atoms with Crippen LogP contribution in [0.25, 0.3) is 0 Å². The average molecular weight is 208 g/mol. The summed E-state index contributed by atoms with van der Waals surface area (Å²) in [7, 11) is 0. The van der Waals surface area contributed by atoms with Crippen LogP contribution in [0.5, 0.6) is 0 Å². The number of nitrogens with one attached hydrogen (secondary N) is 1. The average Bonchev–Trinajstić information content (AvgIpc) is 2.29. The van der Waals surface area contributed by atoms with Gasteiger partial charge in [-0.25, -0.2) is 10.8 Å². The molecule has 1 atom stereocenters. The number of nitrogens with zero attached hydrogens (tertiary/aromatic N) is 2. The fraction of sp³-hybridized carbons (Fsp3) is 0.500. The number of rotatable bonds is 2. The minimum Gasteiger partial charge on any atom is -0.391 e. The molecule has 0 amide bonds. The molecule has 0 radical (unpaired) electrons. The highest BCUT2D eigenvalue weighted by molar-refractivity contribution is 5.46. The Morgan fingerprint density at radius 3 is 3.13 bits per heavy atom. The van der Waals surface area contributed by atoms with Gasteiger partial charge in [0.25, 0.3) is 0 Å². The van der Waals surface area contributed by atoms with E-state index in [-0.39, 0.29) is 6.10 Å². The number of hydrogen-bond donors (Lipinski definition) is 3. The molecule has 4 N–H and O–H groups in total. The molecule has 1 fully saturated rings. The molecule has 2 heterocycles. The number of anilines is 2. The first-order valence-corrected chi connectivity index (χ1v) is 5.16. The highest BCUT2D eigenvalue weighted by Crippen LogP contribution is 2.18. The van der Waals surface area contributed by atoms with Crippen LogP contribution in [0.15, 0.2) is 18.2 Å². The molecule has 1 saturated heterocycles. The molecule has 0 aliphatic carbocycles. The van der Waals surface area contributed by atoms with E-state index in [0.29, 0.717) is 12.4 Å². The van der Waals surface area contributed by atoms with Gasteiger partial charge in [0.1, 0.15) is 11.6 Å². The van der Waals surface area contributed by atoms with E-state index >= 15 is 0 Å². The second-order valence-corrected chi connectivity index (χ2v) is 3.77. The third-order valence-corrected chi connectivity index (χ3v) is 2.60. The number of pyridine rings is 1. The molecule has 0 saturated carbocycles. The molecule has 0 bridgehead atoms. The highest BCUT2D eigenvalue weighted by atomic mass is 16.3. The van der Waals surface area contributed by atoms with Gasteiger partial charge < -0.3 is 15.4 Å². The number of hydrogen-bond acceptors (Lipinski definition) is 5. The Morgan fingerprint density at radius 2 is 2.40 bits per heavy atom. The van der Waals surface area contributed by atoms with Crippen LogP contribution in [0, 0.1) is 0 Å². The zero-order chi connectivity index (χ0) is 10.7. The van der Waals surface area contributed by atoms with Gasteiger partial charge in [-0.2, -0.15) is 0 Å². The van der Waals surface area contributed by atoms with Gasteiger partial charge in [-0.15, -0.1) is 0 Å². The Hall–Kier alpha value is -1.33. The standard InChI is InChI=1S/C10H16N4O/c11-13-9-4-1-5-10(12-9)14-6-2-3-8(15)7-14/h1,4-5,8,15H,2-3,6-7,11H2,(H,12,13). The first kappa shape index (κ1) is 10.2. The molecule has 1 aliphatic heterocycles. The van der Waals surface area contributed by atoms with E-state index < -0.39 is 0 Å². The summed E-state index contributed by atoms with van der Waals surface area (Å²) in [5, 5.41) is 9.56. The van der Waals surface area contributed by atoms with Crippen LogP contribution in [0.4, 0.5) is 11.6 Å². The number of piperidine rings is 1. The van der Waals surface area contributed by atoms with Crippen LogP contribution >= 0.6 is 0 Å². The third kappa shape index (κ3) is 2.37. The minimum atomic E-state index is -0.241. The molecule has 1 aromatic heterocycles. The number of β-amino-alcohol motifs (C(OH)–C–C–N with tert-alkyl or cyclic N) is 1. The molecule has 2 rings (SSSR count). The van der Waals surface area contributed by atoms with Crippen molar-refractivity contribution in [1.82, 2.24) is 4.98 Å². The summed E-state index contributed by atoms with van der Waals surface area (Å²) in [5.41, 5.74) is 2.52. The number of hydrazine groups is 1. The molecule has 82 valence electrons. The lowest BCUT2D eigenvalue weighted by molar-refractivity contribution is 0.154. The normalized spacial score (nSPS) is 21.5. The molecule has 0 aromatic carbocycles. The number of aromatic nitrogens is 1. The SMILES string of the molecule is NNc1cccc(N2CCCC(O)C2)n1. The lowest BCUT2D eigenvalue weighted by atomic mass is 10.1. The summed E-state index contributed by atoms with van der Waals surface area (Å²) in [6.45, 7) is 1.60. The van der Waals surface area contributed by atoms with Crippen LogP contribution in [0.3, 0.4) is 0 Å². The van der Waals surface area contributed by atoms with E-state index in [1.54, 1.807) is 0 Å². The summed E-state index contributed by atoms with van der Waals surface area (Å²) in [5.74, 6) is 6.81. The van der Waals surface area contributed by atoms with E-state index in [2.05, 4.69) is 15.3 Å². The van der Waals surface area contributed by atoms with Crippen molar-refractivity contribution in [3.8, 4) is 0 Å². The van der Waals surface area contributed by atoms with Crippen LogP contribution in [-0.2, 0) is 0 Å². The van der Waals surface area contributed by atoms with E-state index in [4.69, 9.17) is 5.84 Å². The summed E-state index contributed by atoms with van der Waals surface area (Å²) in [6.07, 6.45) is 1.64. The Bertz CT molecular complexity index is 331. The number of aliphatic hydroxyl groups is 1. The van der Waals surface area contributed by atoms with Crippen LogP contribution in [0.2, 0.25) is 0 Å². The van der Waals surface area contributed by atoms with Crippen LogP contribution in [0.1, 0.15) is 12.8 Å². The quantitative estimate of drug-likeness (QED) is 0.482. The Balaban J connectivity index is 2.13. The fourth-order valence-electron chi connectivity index (χ4n) is 1.84. The second-order valence-electron chi connectivity index (χ2n) is 3.77. The lowest BCUT2D eigenvalue weighted by Crippen LogP contribution is -2.38. The maximum absolute atomic E-state index is 9.56. The van der Waals surface area contributed by atoms with Crippen molar-refractivity contribution in [2.24, 2.45) is 5.84 Å². The highest BCUT2D eigenvalue weighted by Gasteiger charge is 2.18. The lowest BCUT2D eigenvalue weighted by Gasteiger charge is -2.31. The Labute approximate surface area is 88.9 Å². The van der Waals surface area contributed by atoms with E-state index in [0.717, 1.165) is 25.2 Å². The van der Waals surface area contributed by atoms with Gasteiger partial charge >= 0.3 is 0 Å². The van der Waals surface area contributed by atoms with Gasteiger partial charge in [0.05, 0.1) is 6.10 Å². The number of aliphatic hydroxyl groups excluding tert-OH is 1. The Morgan fingerprint density at radius 1 is 1.53 bits per heavy atom. The van der Waals surface area contributed by atoms with Gasteiger partial charge in [-0.3, -0.25) is 0 Å². The van der Waals surface area contributed by atoms with Crippen LogP contribution in [-0.4, -0.2) is 29.3 Å². The molecule has 0 spiro atoms. The van der Waals surface area contributed by atoms with E-state index in [9.17, 15) is 5.11 Å². The molecular weight excluding hydrogens is 192 g/mol. The first-order chi connectivity index (χ1) is 7.29. The maximum atomic E-state index is 9.56. The molecule has 1 unspecified atom stereocenters. The Kier molecular flexibility index (Phi) is 3.03. The van der Waals surface area contributed by atoms with Crippen molar-refractivity contribution in [2.45, 2.75) is 18.9 Å². The molecule has 5 nitrogen and oxygen atoms in total. The maximum Gasteiger partial charge on any atom is 0.142 e. The zero-order valence-corrected chi connectivity index (χ0v) is 8.56. The molecule has 5 heteroatoms. The fourth-order valence-corrected chi connectivity index (χ4v) is 1.84. The number of nitrogens with two attached hydrogens (primary N) is 1. The van der Waals surface area contributed by atoms with Crippen molar-refractivity contribution < 1.29 is 5.11 Å². The third-order valence-electron chi connectivity index (χ3n) is 2.60. The summed E-state index contributed by atoms with van der Waals surface area (Å²) in [6, 6.07) is 5.64. The van der Waals surface area contributed by atoms with Gasteiger partial charge in [-0.05, 0) is 25.0 Å². The van der Waals surface area contributed by atoms with Gasteiger partial charge in [0.15, 0.2) is 0 Å². The predicted molar refractivity (Wildman–Crippen MR) is 59.5 cm³/mol. The monoisotopic (exact) mass is 208 g/mol. The van der Waals surface area contributed by atoms with Crippen LogP contribution < -0.4 is 16.2 Å². The largest absolute Gasteiger partial charge is 0.391 e. The number of nitrogen functional groups attached to an aromatic ring is 1. The second kappa shape index (κ2) is 4.46. The first-order valence-electron chi connectivity index (χ1n) is 5.16. The van der Waals surface area contributed by atoms with Crippen molar-refractivity contribution >= 4 is 11.6 Å². The molecule has 1 aromatic rings. The van der Waals surface area contributed by atoms with Gasteiger partial charge in [-0.1, -0.05) is 6.07 Å². The van der Waals surface area contributed by atoms with Crippen molar-refractivity contribution in [3.63, 3.8) is 0 Å². The summed E-state index contributed by atoms with van der Waals surface area (Å²) < 4.78 is 0. The topological polar surface area (TPSA) is 74.4 Å². The van der Waals surface area contributed by atoms with E-state index in [1.807, 2.05) is 18.2 Å². The van der Waals surface area contributed by atoms with Gasteiger partial charge in [0, 0.05) is 13.1 Å². The predicted octanol–water partition coefficient (Wildman–Crippen LogP) is 0.328. The molecule has 1 aliphatic rings. The zero-order valence-electron chi connectivity index (χ0n) is 8.56. The van der Waals surface area contributed by atoms with E-state index in [1.165, 1.54) is 0 Å². The van der Waals surface area contributed by atoms with Gasteiger partial charge in [0.2, 0.25) is 0 Å².